The van der Waals surface area contributed by atoms with E-state index in [9.17, 15) is 5.11 Å². The molecule has 1 aliphatic heterocycles. The van der Waals surface area contributed by atoms with Crippen LogP contribution in [0, 0.1) is 5.92 Å². The van der Waals surface area contributed by atoms with Crippen LogP contribution in [0.3, 0.4) is 0 Å². The van der Waals surface area contributed by atoms with Crippen molar-refractivity contribution in [2.45, 2.75) is 95.6 Å². The summed E-state index contributed by atoms with van der Waals surface area (Å²) in [5.41, 5.74) is 10.6. The van der Waals surface area contributed by atoms with Crippen LogP contribution in [0.25, 0.3) is 10.4 Å². The zero-order chi connectivity index (χ0) is 21.9. The van der Waals surface area contributed by atoms with Crippen molar-refractivity contribution in [3.8, 4) is 11.5 Å². The molecular weight excluding hydrogens is 489 g/mol. The van der Waals surface area contributed by atoms with Crippen molar-refractivity contribution in [1.29, 1.82) is 0 Å². The van der Waals surface area contributed by atoms with Gasteiger partial charge >= 0.3 is 0 Å². The van der Waals surface area contributed by atoms with Crippen LogP contribution in [0.2, 0.25) is 0 Å². The Bertz CT molecular complexity index is 843. The molecule has 5 nitrogen and oxygen atoms in total. The lowest BCUT2D eigenvalue weighted by Crippen LogP contribution is -2.47. The van der Waals surface area contributed by atoms with Crippen molar-refractivity contribution in [2.75, 3.05) is 0 Å². The predicted molar refractivity (Wildman–Crippen MR) is 130 cm³/mol. The quantitative estimate of drug-likeness (QED) is 0.130. The third-order valence-electron chi connectivity index (χ3n) is 7.09. The highest BCUT2D eigenvalue weighted by Gasteiger charge is 2.47. The molecule has 1 N–H and O–H groups in total. The van der Waals surface area contributed by atoms with E-state index in [1.165, 1.54) is 6.42 Å². The Balaban J connectivity index is 1.89. The third-order valence-corrected chi connectivity index (χ3v) is 7.60. The molecule has 0 radical (unpaired) electrons. The summed E-state index contributed by atoms with van der Waals surface area (Å²) in [6.45, 7) is 8.79. The zero-order valence-corrected chi connectivity index (χ0v) is 20.7. The molecule has 1 aromatic carbocycles. The zero-order valence-electron chi connectivity index (χ0n) is 18.6. The van der Waals surface area contributed by atoms with Gasteiger partial charge in [0.1, 0.15) is 17.1 Å². The van der Waals surface area contributed by atoms with Gasteiger partial charge in [-0.05, 0) is 91.0 Å². The van der Waals surface area contributed by atoms with Gasteiger partial charge in [0.2, 0.25) is 0 Å². The number of aromatic hydroxyl groups is 1. The van der Waals surface area contributed by atoms with Gasteiger partial charge in [-0.1, -0.05) is 54.0 Å². The van der Waals surface area contributed by atoms with Gasteiger partial charge in [0.25, 0.3) is 0 Å². The largest absolute Gasteiger partial charge is 0.508 e. The number of phenols is 1. The first kappa shape index (κ1) is 23.3. The lowest BCUT2D eigenvalue weighted by molar-refractivity contribution is -0.00995. The molecule has 164 valence electrons. The fourth-order valence-corrected chi connectivity index (χ4v) is 5.69. The van der Waals surface area contributed by atoms with Gasteiger partial charge in [-0.3, -0.25) is 0 Å². The maximum atomic E-state index is 11.1. The van der Waals surface area contributed by atoms with E-state index in [1.54, 1.807) is 0 Å². The first-order chi connectivity index (χ1) is 14.2. The maximum absolute atomic E-state index is 11.1. The van der Waals surface area contributed by atoms with E-state index in [0.717, 1.165) is 55.4 Å². The van der Waals surface area contributed by atoms with E-state index in [0.29, 0.717) is 11.7 Å². The summed E-state index contributed by atoms with van der Waals surface area (Å²) in [5.74, 6) is 1.60. The van der Waals surface area contributed by atoms with Gasteiger partial charge in [-0.25, -0.2) is 0 Å². The minimum absolute atomic E-state index is 0.00916. The number of ether oxygens (including phenoxy) is 1. The second-order valence-electron chi connectivity index (χ2n) is 9.99. The molecule has 0 amide bonds. The van der Waals surface area contributed by atoms with Crippen LogP contribution in [0.5, 0.6) is 11.5 Å². The predicted octanol–water partition coefficient (Wildman–Crippen LogP) is 7.91. The Kier molecular flexibility index (Phi) is 7.28. The minimum atomic E-state index is -0.306. The number of nitrogens with zero attached hydrogens (tertiary/aromatic N) is 3. The highest BCUT2D eigenvalue weighted by molar-refractivity contribution is 14.1. The van der Waals surface area contributed by atoms with Crippen molar-refractivity contribution in [2.24, 2.45) is 11.0 Å². The molecule has 0 aromatic heterocycles. The van der Waals surface area contributed by atoms with Gasteiger partial charge < -0.3 is 9.84 Å². The van der Waals surface area contributed by atoms with Gasteiger partial charge in [0.05, 0.1) is 0 Å². The molecule has 6 heteroatoms. The molecule has 0 spiro atoms. The van der Waals surface area contributed by atoms with Crippen LogP contribution in [-0.2, 0) is 5.41 Å². The Hall–Kier alpha value is -1.40. The molecule has 1 fully saturated rings. The summed E-state index contributed by atoms with van der Waals surface area (Å²) in [6.07, 6.45) is 9.30. The van der Waals surface area contributed by atoms with Crippen molar-refractivity contribution >= 4 is 22.6 Å². The second kappa shape index (κ2) is 9.39. The van der Waals surface area contributed by atoms with Gasteiger partial charge in [-0.2, -0.15) is 0 Å². The lowest BCUT2D eigenvalue weighted by Gasteiger charge is -2.49. The van der Waals surface area contributed by atoms with Crippen molar-refractivity contribution < 1.29 is 9.84 Å². The second-order valence-corrected chi connectivity index (χ2v) is 10.7. The first-order valence-electron chi connectivity index (χ1n) is 11.1. The minimum Gasteiger partial charge on any atom is -0.508 e. The average molecular weight is 523 g/mol. The molecule has 3 atom stereocenters. The van der Waals surface area contributed by atoms with Crippen LogP contribution >= 0.6 is 22.6 Å². The molecule has 2 aliphatic rings. The molecule has 0 bridgehead atoms. The number of phenolic OH excluding ortho intramolecular Hbond substituents is 1. The maximum Gasteiger partial charge on any atom is 0.127 e. The summed E-state index contributed by atoms with van der Waals surface area (Å²) in [7, 11) is 0. The molecule has 0 unspecified atom stereocenters. The average Bonchev–Trinajstić information content (AvgIpc) is 2.67. The highest BCUT2D eigenvalue weighted by atomic mass is 127. The standard InChI is InChI=1S/C24H34IN3O2/c1-23(2,11-7-5-6-8-12-25)16-13-20(29)22-18-15-17(27-28-26)9-10-19(18)24(3,4)30-21(22)14-16/h8,12-14,17-19,29H,5-7,9-11,15H2,1-4H3/t17-,18-,19-/m1/s1. The summed E-state index contributed by atoms with van der Waals surface area (Å²) in [5, 5.41) is 15.1. The smallest absolute Gasteiger partial charge is 0.127 e. The molecule has 30 heavy (non-hydrogen) atoms. The number of halogens is 1. The lowest BCUT2D eigenvalue weighted by atomic mass is 9.65. The van der Waals surface area contributed by atoms with E-state index >= 15 is 0 Å². The summed E-state index contributed by atoms with van der Waals surface area (Å²) in [4.78, 5) is 3.03. The van der Waals surface area contributed by atoms with Gasteiger partial charge in [0.15, 0.2) is 0 Å². The van der Waals surface area contributed by atoms with Crippen molar-refractivity contribution in [3.63, 3.8) is 0 Å². The Morgan fingerprint density at radius 1 is 1.33 bits per heavy atom. The molecule has 1 aliphatic carbocycles. The SMILES string of the molecule is CC(C)(CCCCC=CI)c1cc(O)c2c(c1)OC(C)(C)[C@@H]1CC[C@@H](N=[N+]=[N-])C[C@@H]21. The number of benzene rings is 1. The normalized spacial score (nSPS) is 25.2. The van der Waals surface area contributed by atoms with E-state index in [-0.39, 0.29) is 23.0 Å². The number of azide groups is 1. The number of hydrogen-bond donors (Lipinski definition) is 1. The van der Waals surface area contributed by atoms with Crippen LogP contribution in [0.4, 0.5) is 0 Å². The number of allylic oxidation sites excluding steroid dienone is 1. The van der Waals surface area contributed by atoms with Crippen LogP contribution in [0.15, 0.2) is 27.4 Å². The number of rotatable bonds is 7. The Morgan fingerprint density at radius 3 is 2.80 bits per heavy atom. The molecule has 1 heterocycles. The molecule has 1 saturated carbocycles. The highest BCUT2D eigenvalue weighted by Crippen LogP contribution is 2.55. The van der Waals surface area contributed by atoms with E-state index in [1.807, 2.05) is 6.07 Å². The summed E-state index contributed by atoms with van der Waals surface area (Å²) in [6, 6.07) is 4.08. The van der Waals surface area contributed by atoms with Gasteiger partial charge in [0, 0.05) is 22.4 Å². The van der Waals surface area contributed by atoms with Crippen molar-refractivity contribution in [3.05, 3.63) is 43.9 Å². The van der Waals surface area contributed by atoms with Crippen molar-refractivity contribution in [1.82, 2.24) is 0 Å². The fourth-order valence-electron chi connectivity index (χ4n) is 5.33. The van der Waals surface area contributed by atoms with Crippen LogP contribution in [-0.4, -0.2) is 16.7 Å². The number of hydrogen-bond acceptors (Lipinski definition) is 3. The first-order valence-corrected chi connectivity index (χ1v) is 12.3. The van der Waals surface area contributed by atoms with E-state index in [4.69, 9.17) is 10.3 Å². The summed E-state index contributed by atoms with van der Waals surface area (Å²) >= 11 is 2.26. The molecule has 1 aromatic rings. The van der Waals surface area contributed by atoms with E-state index < -0.39 is 0 Å². The number of fused-ring (bicyclic) bond motifs is 3. The van der Waals surface area contributed by atoms with E-state index in [2.05, 4.69) is 76.5 Å². The third kappa shape index (κ3) is 4.91. The number of unbranched alkanes of at least 4 members (excludes halogenated alkanes) is 2. The summed E-state index contributed by atoms with van der Waals surface area (Å²) < 4.78 is 8.56. The van der Waals surface area contributed by atoms with Gasteiger partial charge in [-0.15, -0.1) is 0 Å². The molecule has 3 rings (SSSR count). The monoisotopic (exact) mass is 523 g/mol. The molecule has 0 saturated heterocycles. The van der Waals surface area contributed by atoms with Crippen LogP contribution in [0.1, 0.15) is 89.7 Å². The Labute approximate surface area is 194 Å². The molecular formula is C24H34IN3O2. The Morgan fingerprint density at radius 2 is 2.10 bits per heavy atom. The van der Waals surface area contributed by atoms with Crippen LogP contribution < -0.4 is 4.74 Å². The fraction of sp³-hybridized carbons (Fsp3) is 0.667. The topological polar surface area (TPSA) is 78.2 Å².